The lowest BCUT2D eigenvalue weighted by atomic mass is 9.99. The first-order chi connectivity index (χ1) is 63.2. The van der Waals surface area contributed by atoms with E-state index in [1.54, 1.807) is 198 Å². The summed E-state index contributed by atoms with van der Waals surface area (Å²) in [6.45, 7) is 7.36. The van der Waals surface area contributed by atoms with Gasteiger partial charge in [0.15, 0.2) is 33.1 Å². The van der Waals surface area contributed by atoms with E-state index in [1.807, 2.05) is 190 Å². The molecule has 8 aromatic heterocycles. The lowest BCUT2D eigenvalue weighted by molar-refractivity contribution is -0.120. The molecule has 5 unspecified atom stereocenters. The van der Waals surface area contributed by atoms with Gasteiger partial charge in [-0.3, -0.25) is 77.2 Å². The zero-order chi connectivity index (χ0) is 94.1. The smallest absolute Gasteiger partial charge is 0.261 e. The van der Waals surface area contributed by atoms with Gasteiger partial charge in [0.05, 0.1) is 89.8 Å². The average Bonchev–Trinajstić information content (AvgIpc) is 1.57. The topological polar surface area (TPSA) is 339 Å². The van der Waals surface area contributed by atoms with Crippen molar-refractivity contribution in [3.63, 3.8) is 0 Å². The second-order valence-corrected chi connectivity index (χ2v) is 38.4. The highest BCUT2D eigenvalue weighted by atomic mass is 79.9. The molecule has 31 nitrogen and oxygen atoms in total. The molecule has 9 atom stereocenters. The molecule has 1 N–H and O–H groups in total. The predicted molar refractivity (Wildman–Crippen MR) is 544 cm³/mol. The van der Waals surface area contributed by atoms with E-state index in [1.165, 1.54) is 11.0 Å². The summed E-state index contributed by atoms with van der Waals surface area (Å²) >= 11 is 6.49. The Morgan fingerprint density at radius 3 is 1.05 bits per heavy atom. The highest BCUT2D eigenvalue weighted by Crippen LogP contribution is 2.50. The highest BCUT2D eigenvalue weighted by molar-refractivity contribution is 9.10. The number of nitrogens with one attached hydrogen (secondary N) is 1. The number of fused-ring (bicyclic) bond motifs is 8. The van der Waals surface area contributed by atoms with Crippen LogP contribution in [-0.2, 0) is 39.8 Å². The van der Waals surface area contributed by atoms with Crippen LogP contribution >= 0.6 is 39.5 Å². The van der Waals surface area contributed by atoms with Crippen molar-refractivity contribution in [2.75, 3.05) is 135 Å². The van der Waals surface area contributed by atoms with Crippen LogP contribution in [0, 0.1) is 0 Å². The molecule has 12 aromatic rings. The first-order valence-electron chi connectivity index (χ1n) is 41.9. The lowest BCUT2D eigenvalue weighted by Gasteiger charge is -2.37. The van der Waals surface area contributed by atoms with Crippen LogP contribution in [0.25, 0.3) is 0 Å². The summed E-state index contributed by atoms with van der Waals surface area (Å²) in [7, 11) is 9.32. The monoisotopic (exact) mass is 1970 g/mol. The molecule has 8 aliphatic rings. The molecule has 0 radical (unpaired) electrons. The van der Waals surface area contributed by atoms with E-state index in [0.717, 1.165) is 82.4 Å². The van der Waals surface area contributed by atoms with Crippen molar-refractivity contribution in [2.24, 2.45) is 0 Å². The predicted octanol–water partition coefficient (Wildman–Crippen LogP) is 15.8. The molecule has 8 aliphatic heterocycles. The van der Waals surface area contributed by atoms with Crippen molar-refractivity contribution >= 4 is 171 Å². The summed E-state index contributed by atoms with van der Waals surface area (Å²) < 4.78 is 38.3. The number of hydrogen-bond donors (Lipinski definition) is 1. The Kier molecular flexibility index (Phi) is 30.4. The van der Waals surface area contributed by atoms with Crippen molar-refractivity contribution in [1.29, 1.82) is 0 Å². The fourth-order valence-electron chi connectivity index (χ4n) is 17.7. The van der Waals surface area contributed by atoms with E-state index < -0.39 is 44.7 Å². The summed E-state index contributed by atoms with van der Waals surface area (Å²) in [5, 5.41) is 3.02. The van der Waals surface area contributed by atoms with Crippen LogP contribution < -0.4 is 59.2 Å². The Bertz CT molecular complexity index is 6800. The molecule has 4 aromatic carbocycles. The van der Waals surface area contributed by atoms with Crippen LogP contribution in [0.2, 0.25) is 0 Å². The van der Waals surface area contributed by atoms with Crippen LogP contribution in [-0.4, -0.2) is 205 Å². The molecule has 16 heterocycles. The number of nitrogens with zero attached hydrogens (tertiary/aromatic N) is 19. The molecule has 0 aliphatic carbocycles. The Morgan fingerprint density at radius 2 is 0.691 bits per heavy atom. The van der Waals surface area contributed by atoms with Gasteiger partial charge in [-0.2, -0.15) is 0 Å². The second kappa shape index (κ2) is 40.9. The third-order valence-corrected chi connectivity index (χ3v) is 29.2. The molecule has 36 heteroatoms. The minimum absolute atomic E-state index is 0. The number of amides is 8. The fraction of sp³-hybridized carbons (Fsp3) is 0.280. The number of halogens is 1. The molecule has 0 spiro atoms. The van der Waals surface area contributed by atoms with E-state index in [-0.39, 0.29) is 112 Å². The molecular weight excluding hydrogens is 1870 g/mol. The zero-order valence-electron chi connectivity index (χ0n) is 74.9. The van der Waals surface area contributed by atoms with Gasteiger partial charge in [0.2, 0.25) is 23.6 Å². The number of rotatable bonds is 11. The Morgan fingerprint density at radius 1 is 0.375 bits per heavy atom. The van der Waals surface area contributed by atoms with Gasteiger partial charge in [0.25, 0.3) is 23.6 Å². The van der Waals surface area contributed by atoms with Crippen molar-refractivity contribution in [3.8, 4) is 0 Å². The number of likely N-dealkylation sites (N-methyl/N-ethyl adjacent to an activating group) is 8. The number of pyridine rings is 8. The van der Waals surface area contributed by atoms with Gasteiger partial charge in [-0.25, -0.2) is 28.4 Å². The van der Waals surface area contributed by atoms with Gasteiger partial charge < -0.3 is 44.5 Å². The zero-order valence-corrected chi connectivity index (χ0v) is 79.8. The number of anilines is 11. The number of hydrogen-bond acceptors (Lipinski definition) is 25. The standard InChI is InChI=1S/C24H23N5O4S.C24H23N5O3S.C24H23N5O2S.C14H12N2OS.C10H12BrN3O.4CH4/c1-14-23(30)28(3)17-10-11-19(26-22(17)27(14)2)29-21(15-7-6-12-25-13-15)16-8-5-9-18(34(4,32)33)20(16)24(29)31;1-14-23(30)28(3)17-10-11-19(26-22(17)27(14)2)29-21(15-7-6-12-25-13-15)16-8-5-9-18(33(4)32)20(16)24(29)31;1-14-23(30)28(3)17-10-11-19(26-22(17)27(14)2)29-21(15-7-6-12-25-13-15)16-8-5-9-18(32-4)20(16)24(29)31;1-18-11-6-2-5-10-12(11)14(17)16-13(10)9-4-3-7-15-8-9;1-6-10(15)14(3)7-4-5-8(11)12-9(7)13(6)2;;;;/h5-14,21H,1-4H3;5-14,21H,1-4H3;5-14,21H,1-4H3;2-8,13H,1H3,(H,16,17);4-6H,1-3H3;4*1H4/t14-,21?;14-,21?,33?;14-,21?;;6-;;;;/m111.1..../s1. The van der Waals surface area contributed by atoms with Crippen LogP contribution in [0.5, 0.6) is 0 Å². The van der Waals surface area contributed by atoms with Gasteiger partial charge in [-0.05, 0) is 198 Å². The van der Waals surface area contributed by atoms with Crippen LogP contribution in [0.3, 0.4) is 0 Å². The van der Waals surface area contributed by atoms with Gasteiger partial charge in [-0.1, -0.05) is 103 Å². The molecule has 706 valence electrons. The minimum Gasteiger partial charge on any atom is -0.346 e. The van der Waals surface area contributed by atoms with Crippen LogP contribution in [0.15, 0.2) is 244 Å². The van der Waals surface area contributed by atoms with Crippen molar-refractivity contribution in [3.05, 3.63) is 291 Å². The fourth-order valence-corrected chi connectivity index (χ4v) is 20.9. The minimum atomic E-state index is -3.65. The normalized spacial score (nSPS) is 19.3. The van der Waals surface area contributed by atoms with Crippen molar-refractivity contribution in [1.82, 2.24) is 45.2 Å². The summed E-state index contributed by atoms with van der Waals surface area (Å²) in [5.74, 6) is 3.29. The molecule has 0 saturated carbocycles. The van der Waals surface area contributed by atoms with Crippen molar-refractivity contribution in [2.45, 2.75) is 125 Å². The summed E-state index contributed by atoms with van der Waals surface area (Å²) in [5.41, 5.74) is 11.8. The molecule has 0 bridgehead atoms. The average molecular weight is 1980 g/mol. The van der Waals surface area contributed by atoms with Crippen LogP contribution in [0.4, 0.5) is 63.5 Å². The third kappa shape index (κ3) is 18.0. The first-order valence-corrected chi connectivity index (χ1v) is 48.6. The van der Waals surface area contributed by atoms with Crippen molar-refractivity contribution < 1.29 is 51.0 Å². The quantitative estimate of drug-likeness (QED) is 0.0928. The molecule has 8 amide bonds. The van der Waals surface area contributed by atoms with E-state index in [4.69, 9.17) is 15.0 Å². The number of carbonyl (C=O) groups excluding carboxylic acids is 8. The number of sulfone groups is 1. The number of benzene rings is 4. The Hall–Kier alpha value is -13.7. The number of thioether (sulfide) groups is 2. The lowest BCUT2D eigenvalue weighted by Crippen LogP contribution is -2.49. The maximum Gasteiger partial charge on any atom is 0.261 e. The molecule has 20 rings (SSSR count). The molecule has 0 saturated heterocycles. The van der Waals surface area contributed by atoms with Crippen LogP contribution in [0.1, 0.15) is 168 Å². The highest BCUT2D eigenvalue weighted by Gasteiger charge is 2.48. The molecular formula is C100H109BrN20O11S4. The maximum absolute atomic E-state index is 13.8. The van der Waals surface area contributed by atoms with Gasteiger partial charge in [-0.15, -0.1) is 23.5 Å². The maximum atomic E-state index is 13.8. The summed E-state index contributed by atoms with van der Waals surface area (Å²) in [6, 6.07) is 49.0. The van der Waals surface area contributed by atoms with E-state index in [9.17, 15) is 51.0 Å². The molecule has 136 heavy (non-hydrogen) atoms. The second-order valence-electron chi connectivity index (χ2n) is 32.6. The van der Waals surface area contributed by atoms with E-state index in [0.29, 0.717) is 67.9 Å². The SMILES string of the molecule is C.C.C.C.CSc1cccc2c1C(=O)N(c1ccc3c(n1)N(C)[C@H](C)C(=O)N3C)C2c1cccnc1.CSc1cccc2c1C(=O)NC2c1cccnc1.C[C@@H]1C(=O)N(C)c2ccc(Br)nc2N1C.C[C@@H]1C(=O)N(C)c2ccc(N3C(=O)c4c(cccc4S(C)(=O)=O)C3c3cccnc3)nc2N1C.C[C@@H]1C(=O)N(C)c2ccc(N3C(=O)c4c(cccc4S(C)=O)C3c3cccnc3)nc2N1C. The van der Waals surface area contributed by atoms with E-state index >= 15 is 0 Å². The summed E-state index contributed by atoms with van der Waals surface area (Å²) in [4.78, 5) is 160. The van der Waals surface area contributed by atoms with Gasteiger partial charge >= 0.3 is 0 Å². The Balaban J connectivity index is 0.000000156. The first kappa shape index (κ1) is 101. The number of aromatic nitrogens is 8. The molecule has 0 fully saturated rings. The largest absolute Gasteiger partial charge is 0.346 e. The number of carbonyl (C=O) groups is 8. The Labute approximate surface area is 812 Å². The van der Waals surface area contributed by atoms with Gasteiger partial charge in [0.1, 0.15) is 46.2 Å². The third-order valence-electron chi connectivity index (χ3n) is 25.1. The summed E-state index contributed by atoms with van der Waals surface area (Å²) in [6.07, 6.45) is 20.4. The van der Waals surface area contributed by atoms with E-state index in [2.05, 4.69) is 46.2 Å². The van der Waals surface area contributed by atoms with Gasteiger partial charge in [0, 0.05) is 128 Å².